The van der Waals surface area contributed by atoms with E-state index in [1.165, 1.54) is 19.3 Å². The van der Waals surface area contributed by atoms with Gasteiger partial charge in [0.2, 0.25) is 11.8 Å². The minimum atomic E-state index is -0.489. The summed E-state index contributed by atoms with van der Waals surface area (Å²) in [6, 6.07) is -0.489. The molecule has 0 radical (unpaired) electrons. The number of aryl methyl sites for hydroxylation is 1. The fourth-order valence-corrected chi connectivity index (χ4v) is 6.29. The van der Waals surface area contributed by atoms with E-state index >= 15 is 0 Å². The molecule has 0 spiro atoms. The summed E-state index contributed by atoms with van der Waals surface area (Å²) in [5.41, 5.74) is -0.224. The lowest BCUT2D eigenvalue weighted by Crippen LogP contribution is -2.58. The number of carbonyl (C=O) groups excluding carboxylic acids is 2. The molecule has 1 atom stereocenters. The Kier molecular flexibility index (Phi) is 5.42. The Morgan fingerprint density at radius 3 is 2.17 bits per heavy atom. The van der Waals surface area contributed by atoms with Crippen LogP contribution < -0.4 is 10.6 Å². The minimum absolute atomic E-state index is 0.0462. The maximum absolute atomic E-state index is 13.3. The molecule has 1 heterocycles. The third kappa shape index (κ3) is 3.92. The quantitative estimate of drug-likeness (QED) is 0.733. The Hall–Kier alpha value is -1.92. The van der Waals surface area contributed by atoms with Crippen molar-refractivity contribution < 1.29 is 9.59 Å². The van der Waals surface area contributed by atoms with Crippen molar-refractivity contribution in [3.05, 3.63) is 11.6 Å². The van der Waals surface area contributed by atoms with E-state index in [9.17, 15) is 9.59 Å². The molecule has 29 heavy (non-hydrogen) atoms. The second-order valence-electron chi connectivity index (χ2n) is 10.2. The molecular formula is C22H35N5O2. The van der Waals surface area contributed by atoms with E-state index in [0.29, 0.717) is 30.7 Å². The largest absolute Gasteiger partial charge is 0.354 e. The number of amides is 2. The van der Waals surface area contributed by atoms with Crippen LogP contribution in [-0.2, 0) is 23.1 Å². The molecule has 4 aliphatic rings. The number of nitrogens with one attached hydrogen (secondary N) is 2. The molecule has 2 N–H and O–H groups in total. The first kappa shape index (κ1) is 20.4. The SMILES string of the molecule is Cc1nnc(CCNC(=O)[C@@H](NC(=O)C23CC4CC(CC(C4)C2)C3)C(C)C)n1C. The summed E-state index contributed by atoms with van der Waals surface area (Å²) in [5, 5.41) is 14.3. The first-order valence-electron chi connectivity index (χ1n) is 11.2. The standard InChI is InChI=1S/C22H35N5O2/c1-13(2)19(20(28)23-6-5-18-26-25-14(3)27(18)4)24-21(29)22-10-15-7-16(11-22)9-17(8-15)12-22/h13,15-17,19H,5-12H2,1-4H3,(H,23,28)(H,24,29)/t15?,16?,17?,19-,22?/m0/s1. The Labute approximate surface area is 173 Å². The van der Waals surface area contributed by atoms with Gasteiger partial charge in [0.05, 0.1) is 0 Å². The Bertz CT molecular complexity index is 749. The van der Waals surface area contributed by atoms with Crippen molar-refractivity contribution in [1.29, 1.82) is 0 Å². The van der Waals surface area contributed by atoms with Crippen LogP contribution in [0.15, 0.2) is 0 Å². The lowest BCUT2D eigenvalue weighted by molar-refractivity contribution is -0.149. The van der Waals surface area contributed by atoms with Crippen LogP contribution in [0.5, 0.6) is 0 Å². The fraction of sp³-hybridized carbons (Fsp3) is 0.818. The predicted octanol–water partition coefficient (Wildman–Crippen LogP) is 2.14. The molecule has 4 fully saturated rings. The van der Waals surface area contributed by atoms with Gasteiger partial charge in [-0.1, -0.05) is 13.8 Å². The van der Waals surface area contributed by atoms with Gasteiger partial charge in [0.15, 0.2) is 0 Å². The zero-order chi connectivity index (χ0) is 20.8. The summed E-state index contributed by atoms with van der Waals surface area (Å²) in [6.45, 7) is 6.39. The van der Waals surface area contributed by atoms with Crippen LogP contribution in [0.4, 0.5) is 0 Å². The Morgan fingerprint density at radius 2 is 1.69 bits per heavy atom. The smallest absolute Gasteiger partial charge is 0.242 e. The van der Waals surface area contributed by atoms with Crippen LogP contribution >= 0.6 is 0 Å². The summed E-state index contributed by atoms with van der Waals surface area (Å²) in [5.74, 6) is 3.92. The van der Waals surface area contributed by atoms with Crippen LogP contribution in [0, 0.1) is 36.0 Å². The van der Waals surface area contributed by atoms with Crippen LogP contribution in [0.25, 0.3) is 0 Å². The normalized spacial score (nSPS) is 31.1. The molecule has 4 saturated carbocycles. The Balaban J connectivity index is 1.35. The molecule has 1 aromatic heterocycles. The van der Waals surface area contributed by atoms with Crippen LogP contribution in [0.2, 0.25) is 0 Å². The fourth-order valence-electron chi connectivity index (χ4n) is 6.29. The van der Waals surface area contributed by atoms with Gasteiger partial charge < -0.3 is 15.2 Å². The van der Waals surface area contributed by atoms with Crippen molar-refractivity contribution in [2.75, 3.05) is 6.54 Å². The molecule has 0 saturated heterocycles. The molecule has 4 aliphatic carbocycles. The molecule has 2 amide bonds. The zero-order valence-electron chi connectivity index (χ0n) is 18.2. The first-order valence-corrected chi connectivity index (χ1v) is 11.2. The lowest BCUT2D eigenvalue weighted by Gasteiger charge is -2.55. The average molecular weight is 402 g/mol. The van der Waals surface area contributed by atoms with Crippen LogP contribution in [0.1, 0.15) is 64.0 Å². The summed E-state index contributed by atoms with van der Waals surface area (Å²) in [7, 11) is 1.93. The first-order chi connectivity index (χ1) is 13.8. The molecule has 160 valence electrons. The van der Waals surface area contributed by atoms with Gasteiger partial charge in [-0.25, -0.2) is 0 Å². The molecule has 1 aromatic rings. The number of aromatic nitrogens is 3. The summed E-state index contributed by atoms with van der Waals surface area (Å²) in [6.07, 6.45) is 7.59. The highest BCUT2D eigenvalue weighted by Gasteiger charge is 2.55. The van der Waals surface area contributed by atoms with Crippen molar-refractivity contribution in [2.45, 2.75) is 71.8 Å². The molecule has 4 bridgehead atoms. The van der Waals surface area contributed by atoms with Gasteiger partial charge in [-0.3, -0.25) is 9.59 Å². The van der Waals surface area contributed by atoms with E-state index in [2.05, 4.69) is 20.8 Å². The highest BCUT2D eigenvalue weighted by Crippen LogP contribution is 2.60. The summed E-state index contributed by atoms with van der Waals surface area (Å²) < 4.78 is 1.93. The lowest BCUT2D eigenvalue weighted by atomic mass is 9.49. The van der Waals surface area contributed by atoms with Crippen molar-refractivity contribution in [3.8, 4) is 0 Å². The summed E-state index contributed by atoms with van der Waals surface area (Å²) in [4.78, 5) is 26.2. The van der Waals surface area contributed by atoms with E-state index in [-0.39, 0.29) is 23.1 Å². The molecular weight excluding hydrogens is 366 g/mol. The maximum atomic E-state index is 13.3. The number of hydrogen-bond donors (Lipinski definition) is 2. The van der Waals surface area contributed by atoms with Crippen molar-refractivity contribution >= 4 is 11.8 Å². The second-order valence-corrected chi connectivity index (χ2v) is 10.2. The van der Waals surface area contributed by atoms with Gasteiger partial charge in [0.25, 0.3) is 0 Å². The van der Waals surface area contributed by atoms with Gasteiger partial charge in [0, 0.05) is 25.4 Å². The minimum Gasteiger partial charge on any atom is -0.354 e. The van der Waals surface area contributed by atoms with Crippen molar-refractivity contribution in [3.63, 3.8) is 0 Å². The molecule has 7 nitrogen and oxygen atoms in total. The monoisotopic (exact) mass is 401 g/mol. The van der Waals surface area contributed by atoms with Gasteiger partial charge in [-0.15, -0.1) is 10.2 Å². The third-order valence-electron chi connectivity index (χ3n) is 7.59. The predicted molar refractivity (Wildman–Crippen MR) is 110 cm³/mol. The Morgan fingerprint density at radius 1 is 1.10 bits per heavy atom. The second kappa shape index (κ2) is 7.73. The van der Waals surface area contributed by atoms with Crippen LogP contribution in [-0.4, -0.2) is 39.2 Å². The van der Waals surface area contributed by atoms with E-state index < -0.39 is 6.04 Å². The van der Waals surface area contributed by atoms with Gasteiger partial charge >= 0.3 is 0 Å². The molecule has 0 unspecified atom stereocenters. The van der Waals surface area contributed by atoms with Gasteiger partial charge in [-0.2, -0.15) is 0 Å². The maximum Gasteiger partial charge on any atom is 0.242 e. The molecule has 0 aromatic carbocycles. The zero-order valence-corrected chi connectivity index (χ0v) is 18.2. The number of nitrogens with zero attached hydrogens (tertiary/aromatic N) is 3. The molecule has 7 heteroatoms. The van der Waals surface area contributed by atoms with E-state index in [4.69, 9.17) is 0 Å². The van der Waals surface area contributed by atoms with Gasteiger partial charge in [-0.05, 0) is 69.1 Å². The van der Waals surface area contributed by atoms with Crippen LogP contribution in [0.3, 0.4) is 0 Å². The number of hydrogen-bond acceptors (Lipinski definition) is 4. The number of rotatable bonds is 7. The van der Waals surface area contributed by atoms with Crippen molar-refractivity contribution in [2.24, 2.45) is 36.1 Å². The average Bonchev–Trinajstić information content (AvgIpc) is 2.96. The third-order valence-corrected chi connectivity index (χ3v) is 7.59. The number of carbonyl (C=O) groups is 2. The topological polar surface area (TPSA) is 88.9 Å². The highest BCUT2D eigenvalue weighted by atomic mass is 16.2. The van der Waals surface area contributed by atoms with E-state index in [0.717, 1.165) is 30.9 Å². The van der Waals surface area contributed by atoms with E-state index in [1.54, 1.807) is 0 Å². The van der Waals surface area contributed by atoms with E-state index in [1.807, 2.05) is 32.4 Å². The highest BCUT2D eigenvalue weighted by molar-refractivity contribution is 5.90. The van der Waals surface area contributed by atoms with Gasteiger partial charge in [0.1, 0.15) is 17.7 Å². The molecule has 0 aliphatic heterocycles. The van der Waals surface area contributed by atoms with Crippen molar-refractivity contribution in [1.82, 2.24) is 25.4 Å². The molecule has 5 rings (SSSR count). The summed E-state index contributed by atoms with van der Waals surface area (Å²) >= 11 is 0.